The van der Waals surface area contributed by atoms with Crippen molar-refractivity contribution in [1.29, 1.82) is 0 Å². The number of piperazine rings is 1. The van der Waals surface area contributed by atoms with E-state index < -0.39 is 5.82 Å². The summed E-state index contributed by atoms with van der Waals surface area (Å²) in [7, 11) is 0. The van der Waals surface area contributed by atoms with Gasteiger partial charge in [0.15, 0.2) is 0 Å². The highest BCUT2D eigenvalue weighted by molar-refractivity contribution is 5.94. The number of hydrogen-bond donors (Lipinski definition) is 0. The van der Waals surface area contributed by atoms with E-state index in [1.165, 1.54) is 6.07 Å². The molecule has 1 aliphatic rings. The summed E-state index contributed by atoms with van der Waals surface area (Å²) >= 11 is 0. The Labute approximate surface area is 120 Å². The fraction of sp³-hybridized carbons (Fsp3) is 0.562. The van der Waals surface area contributed by atoms with Gasteiger partial charge in [0.05, 0.1) is 5.56 Å². The van der Waals surface area contributed by atoms with Gasteiger partial charge in [-0.2, -0.15) is 0 Å². The van der Waals surface area contributed by atoms with Gasteiger partial charge in [-0.15, -0.1) is 0 Å². The second kappa shape index (κ2) is 5.92. The molecule has 0 radical (unpaired) electrons. The summed E-state index contributed by atoms with van der Waals surface area (Å²) in [5, 5.41) is 0. The van der Waals surface area contributed by atoms with Crippen LogP contribution in [0.2, 0.25) is 0 Å². The van der Waals surface area contributed by atoms with Gasteiger partial charge in [-0.3, -0.25) is 9.69 Å². The van der Waals surface area contributed by atoms with E-state index in [0.717, 1.165) is 19.6 Å². The predicted octanol–water partition coefficient (Wildman–Crippen LogP) is 2.63. The van der Waals surface area contributed by atoms with Gasteiger partial charge in [-0.25, -0.2) is 4.39 Å². The van der Waals surface area contributed by atoms with Gasteiger partial charge in [0.25, 0.3) is 5.91 Å². The first-order chi connectivity index (χ1) is 9.37. The van der Waals surface area contributed by atoms with Crippen molar-refractivity contribution in [3.05, 3.63) is 35.6 Å². The molecular weight excluding hydrogens is 255 g/mol. The van der Waals surface area contributed by atoms with Crippen LogP contribution in [0.15, 0.2) is 24.3 Å². The molecule has 0 N–H and O–H groups in total. The lowest BCUT2D eigenvalue weighted by Crippen LogP contribution is -2.50. The molecule has 1 aromatic rings. The number of carbonyl (C=O) groups is 1. The second-order valence-corrected chi connectivity index (χ2v) is 6.61. The number of hydrogen-bond acceptors (Lipinski definition) is 2. The normalized spacial score (nSPS) is 17.3. The van der Waals surface area contributed by atoms with E-state index in [4.69, 9.17) is 0 Å². The third kappa shape index (κ3) is 3.79. The van der Waals surface area contributed by atoms with Crippen LogP contribution < -0.4 is 0 Å². The quantitative estimate of drug-likeness (QED) is 0.830. The molecule has 20 heavy (non-hydrogen) atoms. The number of nitrogens with zero attached hydrogens (tertiary/aromatic N) is 2. The smallest absolute Gasteiger partial charge is 0.256 e. The van der Waals surface area contributed by atoms with Gasteiger partial charge < -0.3 is 4.90 Å². The lowest BCUT2D eigenvalue weighted by atomic mass is 9.96. The average molecular weight is 278 g/mol. The van der Waals surface area contributed by atoms with Crippen molar-refractivity contribution in [1.82, 2.24) is 9.80 Å². The lowest BCUT2D eigenvalue weighted by Gasteiger charge is -2.37. The van der Waals surface area contributed by atoms with Crippen molar-refractivity contribution < 1.29 is 9.18 Å². The van der Waals surface area contributed by atoms with Crippen LogP contribution in [0.25, 0.3) is 0 Å². The number of carbonyl (C=O) groups excluding carboxylic acids is 1. The van der Waals surface area contributed by atoms with Gasteiger partial charge in [0, 0.05) is 32.7 Å². The fourth-order valence-electron chi connectivity index (χ4n) is 2.58. The Morgan fingerprint density at radius 1 is 1.15 bits per heavy atom. The Balaban J connectivity index is 1.94. The summed E-state index contributed by atoms with van der Waals surface area (Å²) in [5.41, 5.74) is 0.439. The molecule has 0 saturated carbocycles. The summed E-state index contributed by atoms with van der Waals surface area (Å²) in [6.07, 6.45) is 0. The number of halogens is 1. The maximum absolute atomic E-state index is 13.6. The molecule has 0 aromatic heterocycles. The molecule has 110 valence electrons. The Kier molecular flexibility index (Phi) is 4.43. The molecule has 2 rings (SSSR count). The maximum Gasteiger partial charge on any atom is 0.256 e. The molecular formula is C16H23FN2O. The van der Waals surface area contributed by atoms with Crippen LogP contribution in [0, 0.1) is 11.2 Å². The number of amides is 1. The molecule has 1 aromatic carbocycles. The minimum absolute atomic E-state index is 0.178. The Hall–Kier alpha value is -1.42. The first-order valence-electron chi connectivity index (χ1n) is 7.13. The largest absolute Gasteiger partial charge is 0.336 e. The van der Waals surface area contributed by atoms with E-state index in [9.17, 15) is 9.18 Å². The van der Waals surface area contributed by atoms with Gasteiger partial charge in [-0.1, -0.05) is 32.9 Å². The third-order valence-electron chi connectivity index (χ3n) is 3.46. The average Bonchev–Trinajstić information content (AvgIpc) is 2.37. The van der Waals surface area contributed by atoms with E-state index in [0.29, 0.717) is 13.1 Å². The molecule has 1 aliphatic heterocycles. The number of benzene rings is 1. The van der Waals surface area contributed by atoms with Crippen molar-refractivity contribution in [2.45, 2.75) is 20.8 Å². The molecule has 1 fully saturated rings. The van der Waals surface area contributed by atoms with Gasteiger partial charge in [0.2, 0.25) is 0 Å². The molecule has 1 amide bonds. The monoisotopic (exact) mass is 278 g/mol. The van der Waals surface area contributed by atoms with Crippen molar-refractivity contribution in [3.8, 4) is 0 Å². The molecule has 0 bridgehead atoms. The minimum atomic E-state index is -0.436. The standard InChI is InChI=1S/C16H23FN2O/c1-16(2,3)12-18-8-10-19(11-9-18)15(20)13-6-4-5-7-14(13)17/h4-7H,8-12H2,1-3H3. The van der Waals surface area contributed by atoms with E-state index in [1.807, 2.05) is 0 Å². The molecule has 1 heterocycles. The molecule has 0 unspecified atom stereocenters. The van der Waals surface area contributed by atoms with Gasteiger partial charge >= 0.3 is 0 Å². The van der Waals surface area contributed by atoms with Crippen LogP contribution in [0.5, 0.6) is 0 Å². The Morgan fingerprint density at radius 2 is 1.75 bits per heavy atom. The zero-order valence-electron chi connectivity index (χ0n) is 12.5. The van der Waals surface area contributed by atoms with Crippen molar-refractivity contribution in [3.63, 3.8) is 0 Å². The molecule has 0 aliphatic carbocycles. The van der Waals surface area contributed by atoms with E-state index in [1.54, 1.807) is 23.1 Å². The summed E-state index contributed by atoms with van der Waals surface area (Å²) in [6, 6.07) is 6.20. The Bertz CT molecular complexity index is 474. The summed E-state index contributed by atoms with van der Waals surface area (Å²) < 4.78 is 13.6. The highest BCUT2D eigenvalue weighted by Crippen LogP contribution is 2.17. The van der Waals surface area contributed by atoms with Gasteiger partial charge in [-0.05, 0) is 17.5 Å². The van der Waals surface area contributed by atoms with E-state index in [-0.39, 0.29) is 16.9 Å². The predicted molar refractivity (Wildman–Crippen MR) is 78.2 cm³/mol. The summed E-state index contributed by atoms with van der Waals surface area (Å²) in [6.45, 7) is 10.7. The summed E-state index contributed by atoms with van der Waals surface area (Å²) in [5.74, 6) is -0.631. The van der Waals surface area contributed by atoms with Gasteiger partial charge in [0.1, 0.15) is 5.82 Å². The molecule has 0 atom stereocenters. The second-order valence-electron chi connectivity index (χ2n) is 6.61. The van der Waals surface area contributed by atoms with Crippen molar-refractivity contribution in [2.24, 2.45) is 5.41 Å². The van der Waals surface area contributed by atoms with Crippen molar-refractivity contribution >= 4 is 5.91 Å². The maximum atomic E-state index is 13.6. The molecule has 4 heteroatoms. The van der Waals surface area contributed by atoms with Crippen LogP contribution in [0.4, 0.5) is 4.39 Å². The van der Waals surface area contributed by atoms with E-state index in [2.05, 4.69) is 25.7 Å². The zero-order chi connectivity index (χ0) is 14.8. The lowest BCUT2D eigenvalue weighted by molar-refractivity contribution is 0.0588. The Morgan fingerprint density at radius 3 is 2.30 bits per heavy atom. The topological polar surface area (TPSA) is 23.6 Å². The molecule has 3 nitrogen and oxygen atoms in total. The number of rotatable bonds is 2. The SMILES string of the molecule is CC(C)(C)CN1CCN(C(=O)c2ccccc2F)CC1. The third-order valence-corrected chi connectivity index (χ3v) is 3.46. The fourth-order valence-corrected chi connectivity index (χ4v) is 2.58. The van der Waals surface area contributed by atoms with Crippen LogP contribution >= 0.6 is 0 Å². The highest BCUT2D eigenvalue weighted by Gasteiger charge is 2.25. The van der Waals surface area contributed by atoms with Crippen LogP contribution in [-0.2, 0) is 0 Å². The molecule has 1 saturated heterocycles. The first-order valence-corrected chi connectivity index (χ1v) is 7.13. The summed E-state index contributed by atoms with van der Waals surface area (Å²) in [4.78, 5) is 16.4. The van der Waals surface area contributed by atoms with Crippen molar-refractivity contribution in [2.75, 3.05) is 32.7 Å². The zero-order valence-corrected chi connectivity index (χ0v) is 12.5. The van der Waals surface area contributed by atoms with Crippen LogP contribution in [0.1, 0.15) is 31.1 Å². The first kappa shape index (κ1) is 15.0. The minimum Gasteiger partial charge on any atom is -0.336 e. The highest BCUT2D eigenvalue weighted by atomic mass is 19.1. The van der Waals surface area contributed by atoms with Crippen LogP contribution in [-0.4, -0.2) is 48.4 Å². The van der Waals surface area contributed by atoms with Crippen LogP contribution in [0.3, 0.4) is 0 Å². The molecule has 0 spiro atoms. The van der Waals surface area contributed by atoms with E-state index >= 15 is 0 Å².